The fourth-order valence-corrected chi connectivity index (χ4v) is 1.83. The number of hydrogen-bond acceptors (Lipinski definition) is 3. The van der Waals surface area contributed by atoms with E-state index in [1.54, 1.807) is 6.07 Å². The molecule has 0 aliphatic rings. The number of benzene rings is 1. The second-order valence-corrected chi connectivity index (χ2v) is 3.96. The minimum atomic E-state index is -0.453. The normalized spacial score (nSPS) is 10.7. The molecule has 16 heavy (non-hydrogen) atoms. The molecule has 0 aliphatic carbocycles. The van der Waals surface area contributed by atoms with Crippen molar-refractivity contribution in [3.05, 3.63) is 28.3 Å². The largest absolute Gasteiger partial charge is 0.465 e. The minimum Gasteiger partial charge on any atom is -0.465 e. The lowest BCUT2D eigenvalue weighted by Crippen LogP contribution is -2.03. The van der Waals surface area contributed by atoms with Crippen molar-refractivity contribution in [1.82, 2.24) is 4.98 Å². The fourth-order valence-electron chi connectivity index (χ4n) is 1.67. The van der Waals surface area contributed by atoms with Crippen molar-refractivity contribution in [3.63, 3.8) is 0 Å². The van der Waals surface area contributed by atoms with Crippen LogP contribution in [0.1, 0.15) is 15.9 Å². The number of nitrogen functional groups attached to an aromatic ring is 1. The number of hydrogen-bond donors (Lipinski definition) is 2. The molecule has 1 heterocycles. The summed E-state index contributed by atoms with van der Waals surface area (Å²) >= 11 is 5.99. The highest BCUT2D eigenvalue weighted by atomic mass is 35.5. The SMILES string of the molecule is COC(=O)c1c(N)[nH]c2cc(Cl)c(C)cc12. The zero-order chi connectivity index (χ0) is 11.9. The van der Waals surface area contributed by atoms with Gasteiger partial charge < -0.3 is 15.5 Å². The first-order chi connectivity index (χ1) is 7.54. The molecule has 4 nitrogen and oxygen atoms in total. The second-order valence-electron chi connectivity index (χ2n) is 3.55. The Hall–Kier alpha value is -1.68. The molecule has 0 aliphatic heterocycles. The van der Waals surface area contributed by atoms with Crippen LogP contribution in [-0.4, -0.2) is 18.1 Å². The number of fused-ring (bicyclic) bond motifs is 1. The van der Waals surface area contributed by atoms with E-state index in [4.69, 9.17) is 17.3 Å². The Labute approximate surface area is 97.3 Å². The molecule has 5 heteroatoms. The summed E-state index contributed by atoms with van der Waals surface area (Å²) in [4.78, 5) is 14.5. The quantitative estimate of drug-likeness (QED) is 0.750. The highest BCUT2D eigenvalue weighted by Gasteiger charge is 2.18. The molecule has 0 bridgehead atoms. The summed E-state index contributed by atoms with van der Waals surface area (Å²) in [6.07, 6.45) is 0. The Kier molecular flexibility index (Phi) is 2.52. The van der Waals surface area contributed by atoms with Crippen LogP contribution in [0.5, 0.6) is 0 Å². The van der Waals surface area contributed by atoms with Crippen LogP contribution in [0.3, 0.4) is 0 Å². The zero-order valence-corrected chi connectivity index (χ0v) is 9.68. The van der Waals surface area contributed by atoms with Gasteiger partial charge in [0.25, 0.3) is 0 Å². The summed E-state index contributed by atoms with van der Waals surface area (Å²) in [5, 5.41) is 1.36. The standard InChI is InChI=1S/C11H11ClN2O2/c1-5-3-6-8(4-7(5)12)14-10(13)9(6)11(15)16-2/h3-4,14H,13H2,1-2H3. The third kappa shape index (κ3) is 1.51. The Balaban J connectivity index is 2.79. The van der Waals surface area contributed by atoms with Crippen LogP contribution in [0.4, 0.5) is 5.82 Å². The summed E-state index contributed by atoms with van der Waals surface area (Å²) in [6.45, 7) is 1.87. The Morgan fingerprint density at radius 3 is 2.81 bits per heavy atom. The fraction of sp³-hybridized carbons (Fsp3) is 0.182. The first-order valence-corrected chi connectivity index (χ1v) is 5.08. The van der Waals surface area contributed by atoms with Gasteiger partial charge in [0.15, 0.2) is 0 Å². The lowest BCUT2D eigenvalue weighted by molar-refractivity contribution is 0.0604. The number of aromatic nitrogens is 1. The van der Waals surface area contributed by atoms with Crippen LogP contribution in [0.15, 0.2) is 12.1 Å². The van der Waals surface area contributed by atoms with E-state index in [-0.39, 0.29) is 0 Å². The number of aryl methyl sites for hydroxylation is 1. The smallest absolute Gasteiger partial charge is 0.342 e. The van der Waals surface area contributed by atoms with Gasteiger partial charge in [0, 0.05) is 15.9 Å². The van der Waals surface area contributed by atoms with Crippen molar-refractivity contribution >= 4 is 34.3 Å². The molecule has 2 rings (SSSR count). The molecule has 1 aromatic heterocycles. The van der Waals surface area contributed by atoms with Gasteiger partial charge in [0.2, 0.25) is 0 Å². The van der Waals surface area contributed by atoms with Crippen LogP contribution in [0.2, 0.25) is 5.02 Å². The number of nitrogens with two attached hydrogens (primary N) is 1. The second kappa shape index (κ2) is 3.72. The molecule has 0 fully saturated rings. The molecular weight excluding hydrogens is 228 g/mol. The zero-order valence-electron chi connectivity index (χ0n) is 8.93. The highest BCUT2D eigenvalue weighted by molar-refractivity contribution is 6.32. The number of carbonyl (C=O) groups is 1. The number of halogens is 1. The summed E-state index contributed by atoms with van der Waals surface area (Å²) in [5.74, 6) is -0.158. The van der Waals surface area contributed by atoms with Gasteiger partial charge in [-0.25, -0.2) is 4.79 Å². The topological polar surface area (TPSA) is 68.1 Å². The number of carbonyl (C=O) groups excluding carboxylic acids is 1. The van der Waals surface area contributed by atoms with Crippen LogP contribution in [0.25, 0.3) is 10.9 Å². The molecule has 0 spiro atoms. The number of aromatic amines is 1. The maximum Gasteiger partial charge on any atom is 0.342 e. The van der Waals surface area contributed by atoms with Gasteiger partial charge in [-0.2, -0.15) is 0 Å². The third-order valence-corrected chi connectivity index (χ3v) is 2.90. The van der Waals surface area contributed by atoms with Crippen LogP contribution >= 0.6 is 11.6 Å². The molecule has 0 amide bonds. The molecule has 0 unspecified atom stereocenters. The van der Waals surface area contributed by atoms with Crippen molar-refractivity contribution in [3.8, 4) is 0 Å². The van der Waals surface area contributed by atoms with E-state index >= 15 is 0 Å². The number of ether oxygens (including phenoxy) is 1. The lowest BCUT2D eigenvalue weighted by Gasteiger charge is -2.00. The van der Waals surface area contributed by atoms with Crippen molar-refractivity contribution in [2.24, 2.45) is 0 Å². The maximum absolute atomic E-state index is 11.6. The van der Waals surface area contributed by atoms with Gasteiger partial charge in [-0.05, 0) is 24.6 Å². The number of H-pyrrole nitrogens is 1. The van der Waals surface area contributed by atoms with Gasteiger partial charge in [-0.15, -0.1) is 0 Å². The number of nitrogens with one attached hydrogen (secondary N) is 1. The van der Waals surface area contributed by atoms with Crippen molar-refractivity contribution in [2.45, 2.75) is 6.92 Å². The van der Waals surface area contributed by atoms with E-state index < -0.39 is 5.97 Å². The maximum atomic E-state index is 11.6. The van der Waals surface area contributed by atoms with Gasteiger partial charge in [0.05, 0.1) is 7.11 Å². The van der Waals surface area contributed by atoms with Gasteiger partial charge in [-0.3, -0.25) is 0 Å². The average molecular weight is 239 g/mol. The molecule has 2 aromatic rings. The number of rotatable bonds is 1. The molecule has 3 N–H and O–H groups in total. The number of anilines is 1. The average Bonchev–Trinajstić information content (AvgIpc) is 2.54. The summed E-state index contributed by atoms with van der Waals surface area (Å²) < 4.78 is 4.68. The van der Waals surface area contributed by atoms with Gasteiger partial charge in [0.1, 0.15) is 11.4 Å². The Bertz CT molecular complexity index is 575. The van der Waals surface area contributed by atoms with E-state index in [0.29, 0.717) is 16.4 Å². The molecule has 0 atom stereocenters. The molecule has 84 valence electrons. The van der Waals surface area contributed by atoms with Gasteiger partial charge in [-0.1, -0.05) is 11.6 Å². The minimum absolute atomic E-state index is 0.295. The molecule has 1 aromatic carbocycles. The predicted octanol–water partition coefficient (Wildman–Crippen LogP) is 2.50. The van der Waals surface area contributed by atoms with Gasteiger partial charge >= 0.3 is 5.97 Å². The van der Waals surface area contributed by atoms with E-state index in [9.17, 15) is 4.79 Å². The first-order valence-electron chi connectivity index (χ1n) is 4.70. The molecule has 0 radical (unpaired) electrons. The Morgan fingerprint density at radius 2 is 2.19 bits per heavy atom. The highest BCUT2D eigenvalue weighted by Crippen LogP contribution is 2.29. The van der Waals surface area contributed by atoms with E-state index in [1.807, 2.05) is 13.0 Å². The summed E-state index contributed by atoms with van der Waals surface area (Å²) in [7, 11) is 1.32. The Morgan fingerprint density at radius 1 is 1.50 bits per heavy atom. The van der Waals surface area contributed by atoms with E-state index in [2.05, 4.69) is 9.72 Å². The van der Waals surface area contributed by atoms with Crippen molar-refractivity contribution in [1.29, 1.82) is 0 Å². The van der Waals surface area contributed by atoms with E-state index in [1.165, 1.54) is 7.11 Å². The summed E-state index contributed by atoms with van der Waals surface area (Å²) in [6, 6.07) is 3.56. The predicted molar refractivity (Wildman–Crippen MR) is 63.8 cm³/mol. The van der Waals surface area contributed by atoms with E-state index in [0.717, 1.165) is 16.5 Å². The monoisotopic (exact) mass is 238 g/mol. The summed E-state index contributed by atoms with van der Waals surface area (Å²) in [5.41, 5.74) is 7.71. The number of methoxy groups -OCH3 is 1. The molecule has 0 saturated heterocycles. The number of esters is 1. The van der Waals surface area contributed by atoms with Crippen LogP contribution < -0.4 is 5.73 Å². The first kappa shape index (κ1) is 10.8. The van der Waals surface area contributed by atoms with Crippen LogP contribution in [0, 0.1) is 6.92 Å². The van der Waals surface area contributed by atoms with Crippen molar-refractivity contribution < 1.29 is 9.53 Å². The molecule has 0 saturated carbocycles. The van der Waals surface area contributed by atoms with Crippen molar-refractivity contribution in [2.75, 3.05) is 12.8 Å². The molecular formula is C11H11ClN2O2. The third-order valence-electron chi connectivity index (χ3n) is 2.50. The lowest BCUT2D eigenvalue weighted by atomic mass is 10.1. The van der Waals surface area contributed by atoms with Crippen LogP contribution in [-0.2, 0) is 4.74 Å².